The minimum atomic E-state index is -0.0233. The van der Waals surface area contributed by atoms with Gasteiger partial charge in [0.1, 0.15) is 12.4 Å². The van der Waals surface area contributed by atoms with Crippen LogP contribution >= 0.6 is 22.6 Å². The van der Waals surface area contributed by atoms with E-state index in [1.54, 1.807) is 4.90 Å². The molecule has 1 aromatic carbocycles. The molecule has 1 aromatic rings. The Bertz CT molecular complexity index is 622. The molecule has 2 rings (SSSR count). The third-order valence-corrected chi connectivity index (χ3v) is 4.32. The zero-order valence-electron chi connectivity index (χ0n) is 12.7. The van der Waals surface area contributed by atoms with E-state index in [1.807, 2.05) is 32.0 Å². The second-order valence-electron chi connectivity index (χ2n) is 4.75. The predicted octanol–water partition coefficient (Wildman–Crippen LogP) is 3.20. The molecular weight excluding hydrogens is 466 g/mol. The van der Waals surface area contributed by atoms with Gasteiger partial charge in [0.2, 0.25) is 5.91 Å². The number of terminal acetylenes is 1. The quantitative estimate of drug-likeness (QED) is 0.285. The number of ether oxygens (including phenoxy) is 1. The van der Waals surface area contributed by atoms with E-state index in [-0.39, 0.29) is 49.1 Å². The second-order valence-corrected chi connectivity index (χ2v) is 6.25. The molecule has 5 heteroatoms. The Balaban J connectivity index is 0.00000242. The van der Waals surface area contributed by atoms with Crippen LogP contribution in [0.2, 0.25) is 0 Å². The van der Waals surface area contributed by atoms with Crippen molar-refractivity contribution >= 4 is 34.2 Å². The van der Waals surface area contributed by atoms with Gasteiger partial charge in [-0.1, -0.05) is 41.9 Å². The van der Waals surface area contributed by atoms with Gasteiger partial charge in [-0.05, 0) is 19.1 Å². The normalized spacial score (nSPS) is 17.4. The van der Waals surface area contributed by atoms with E-state index in [2.05, 4.69) is 34.6 Å². The molecule has 0 saturated heterocycles. The van der Waals surface area contributed by atoms with E-state index in [1.165, 1.54) is 0 Å². The number of allylic oxidation sites excluding steroid dienone is 1. The van der Waals surface area contributed by atoms with Gasteiger partial charge < -0.3 is 9.64 Å². The number of benzene rings is 1. The Kier molecular flexibility index (Phi) is 8.09. The van der Waals surface area contributed by atoms with Gasteiger partial charge in [0.25, 0.3) is 0 Å². The predicted molar refractivity (Wildman–Crippen MR) is 92.0 cm³/mol. The Hall–Kier alpha value is -0.376. The van der Waals surface area contributed by atoms with Gasteiger partial charge in [-0.3, -0.25) is 4.79 Å². The molecule has 0 spiro atoms. The van der Waals surface area contributed by atoms with Crippen LogP contribution in [0.25, 0.3) is 5.70 Å². The molecule has 113 valence electrons. The summed E-state index contributed by atoms with van der Waals surface area (Å²) in [6.07, 6.45) is 9.21. The molecule has 1 aliphatic rings. The van der Waals surface area contributed by atoms with E-state index < -0.39 is 0 Å². The van der Waals surface area contributed by atoms with Gasteiger partial charge in [-0.25, -0.2) is 6.08 Å². The molecule has 0 N–H and O–H groups in total. The number of hydrogen-bond donors (Lipinski definition) is 0. The third-order valence-electron chi connectivity index (χ3n) is 3.34. The van der Waals surface area contributed by atoms with Gasteiger partial charge in [-0.15, -0.1) is 29.3 Å². The summed E-state index contributed by atoms with van der Waals surface area (Å²) in [6, 6.07) is 5.78. The first-order valence-corrected chi connectivity index (χ1v) is 8.06. The molecule has 22 heavy (non-hydrogen) atoms. The van der Waals surface area contributed by atoms with Crippen LogP contribution in [0, 0.1) is 25.3 Å². The largest absolute Gasteiger partial charge is 0.481 e. The molecule has 0 aromatic heterocycles. The number of alkyl halides is 1. The van der Waals surface area contributed by atoms with E-state index in [0.717, 1.165) is 22.6 Å². The fourth-order valence-electron chi connectivity index (χ4n) is 2.32. The van der Waals surface area contributed by atoms with Crippen molar-refractivity contribution in [2.75, 3.05) is 13.2 Å². The summed E-state index contributed by atoms with van der Waals surface area (Å²) in [5, 5.41) is 0. The van der Waals surface area contributed by atoms with Crippen molar-refractivity contribution in [3.05, 3.63) is 35.4 Å². The minimum absolute atomic E-state index is 0. The average Bonchev–Trinajstić information content (AvgIpc) is 2.48. The molecule has 0 bridgehead atoms. The molecule has 1 radical (unpaired) electrons. The van der Waals surface area contributed by atoms with Crippen LogP contribution in [-0.4, -0.2) is 27.9 Å². The number of rotatable bonds is 4. The SMILES string of the molecule is C#CCOc1ccc(C2=[C-]CC(I)C(=O)N2CC)c(C)c1.[Y]. The summed E-state index contributed by atoms with van der Waals surface area (Å²) in [7, 11) is 0. The minimum Gasteiger partial charge on any atom is -0.481 e. The number of carbonyl (C=O) groups is 1. The molecule has 1 amide bonds. The third kappa shape index (κ3) is 4.34. The average molecular weight is 483 g/mol. The molecule has 3 nitrogen and oxygen atoms in total. The van der Waals surface area contributed by atoms with Gasteiger partial charge in [0, 0.05) is 39.3 Å². The van der Waals surface area contributed by atoms with Gasteiger partial charge >= 0.3 is 0 Å². The topological polar surface area (TPSA) is 29.5 Å². The molecule has 0 saturated carbocycles. The zero-order chi connectivity index (χ0) is 15.4. The van der Waals surface area contributed by atoms with E-state index in [0.29, 0.717) is 13.0 Å². The fraction of sp³-hybridized carbons (Fsp3) is 0.353. The number of halogens is 1. The summed E-state index contributed by atoms with van der Waals surface area (Å²) in [4.78, 5) is 14.1. The smallest absolute Gasteiger partial charge is 0.235 e. The fourth-order valence-corrected chi connectivity index (χ4v) is 2.88. The van der Waals surface area contributed by atoms with Crippen LogP contribution < -0.4 is 4.74 Å². The Morgan fingerprint density at radius 3 is 2.86 bits per heavy atom. The standard InChI is InChI=1S/C17H17INO2.Y/c1-4-10-21-13-6-7-14(12(3)11-13)16-9-8-15(18)17(20)19(16)5-2;/h1,6-7,11,15H,5,8,10H2,2-3H3;/q-1;. The number of amides is 1. The summed E-state index contributed by atoms with van der Waals surface area (Å²) in [5.74, 6) is 3.34. The maximum Gasteiger partial charge on any atom is 0.235 e. The Morgan fingerprint density at radius 2 is 2.27 bits per heavy atom. The van der Waals surface area contributed by atoms with Crippen molar-refractivity contribution < 1.29 is 42.2 Å². The van der Waals surface area contributed by atoms with Crippen LogP contribution in [-0.2, 0) is 37.5 Å². The van der Waals surface area contributed by atoms with Crippen LogP contribution in [0.5, 0.6) is 5.75 Å². The molecule has 0 fully saturated rings. The molecule has 1 heterocycles. The van der Waals surface area contributed by atoms with Crippen LogP contribution in [0.15, 0.2) is 18.2 Å². The van der Waals surface area contributed by atoms with Crippen molar-refractivity contribution in [2.45, 2.75) is 24.2 Å². The van der Waals surface area contributed by atoms with Crippen LogP contribution in [0.4, 0.5) is 0 Å². The Labute approximate surface area is 170 Å². The molecule has 0 aliphatic carbocycles. The van der Waals surface area contributed by atoms with Crippen molar-refractivity contribution in [2.24, 2.45) is 0 Å². The number of hydrogen-bond acceptors (Lipinski definition) is 2. The Morgan fingerprint density at radius 1 is 1.55 bits per heavy atom. The monoisotopic (exact) mass is 483 g/mol. The van der Waals surface area contributed by atoms with Crippen molar-refractivity contribution in [1.29, 1.82) is 0 Å². The van der Waals surface area contributed by atoms with Crippen LogP contribution in [0.1, 0.15) is 24.5 Å². The maximum atomic E-state index is 12.3. The molecule has 1 atom stereocenters. The summed E-state index contributed by atoms with van der Waals surface area (Å²) >= 11 is 2.17. The summed E-state index contributed by atoms with van der Waals surface area (Å²) in [5.41, 5.74) is 2.93. The van der Waals surface area contributed by atoms with E-state index >= 15 is 0 Å². The summed E-state index contributed by atoms with van der Waals surface area (Å²) in [6.45, 7) is 4.88. The molecular formula is C17H17INO2Y-. The van der Waals surface area contributed by atoms with Crippen molar-refractivity contribution in [1.82, 2.24) is 4.90 Å². The van der Waals surface area contributed by atoms with Gasteiger partial charge in [0.05, 0.1) is 3.92 Å². The van der Waals surface area contributed by atoms with E-state index in [9.17, 15) is 4.79 Å². The number of aryl methyl sites for hydroxylation is 1. The zero-order valence-corrected chi connectivity index (χ0v) is 17.7. The molecule has 1 aliphatic heterocycles. The van der Waals surface area contributed by atoms with Crippen molar-refractivity contribution in [3.63, 3.8) is 0 Å². The first-order valence-electron chi connectivity index (χ1n) is 6.82. The molecule has 1 unspecified atom stereocenters. The summed E-state index contributed by atoms with van der Waals surface area (Å²) < 4.78 is 5.40. The number of nitrogens with zero attached hydrogens (tertiary/aromatic N) is 1. The number of carbonyl (C=O) groups excluding carboxylic acids is 1. The van der Waals surface area contributed by atoms with Crippen LogP contribution in [0.3, 0.4) is 0 Å². The maximum absolute atomic E-state index is 12.3. The van der Waals surface area contributed by atoms with Gasteiger partial charge in [-0.2, -0.15) is 0 Å². The van der Waals surface area contributed by atoms with Gasteiger partial charge in [0.15, 0.2) is 0 Å². The second kappa shape index (κ2) is 9.05. The first-order chi connectivity index (χ1) is 10.1. The van der Waals surface area contributed by atoms with E-state index in [4.69, 9.17) is 11.2 Å². The first kappa shape index (κ1) is 19.7. The van der Waals surface area contributed by atoms with Crippen molar-refractivity contribution in [3.8, 4) is 18.1 Å².